The third-order valence-corrected chi connectivity index (χ3v) is 2.10. The van der Waals surface area contributed by atoms with Gasteiger partial charge in [0, 0.05) is 19.8 Å². The first-order chi connectivity index (χ1) is 7.16. The molecule has 2 rings (SSSR count). The molecule has 0 radical (unpaired) electrons. The first-order valence-corrected chi connectivity index (χ1v) is 5.30. The second-order valence-corrected chi connectivity index (χ2v) is 3.42. The van der Waals surface area contributed by atoms with Gasteiger partial charge < -0.3 is 9.88 Å². The van der Waals surface area contributed by atoms with Crippen LogP contribution in [0, 0.1) is 6.92 Å². The van der Waals surface area contributed by atoms with Crippen LogP contribution in [0.4, 0.5) is 5.69 Å². The zero-order valence-corrected chi connectivity index (χ0v) is 10.1. The van der Waals surface area contributed by atoms with Crippen molar-refractivity contribution in [2.24, 2.45) is 0 Å². The summed E-state index contributed by atoms with van der Waals surface area (Å²) < 4.78 is 0. The van der Waals surface area contributed by atoms with E-state index in [0.717, 1.165) is 16.9 Å². The fourth-order valence-electron chi connectivity index (χ4n) is 1.40. The van der Waals surface area contributed by atoms with E-state index in [1.165, 1.54) is 5.69 Å². The van der Waals surface area contributed by atoms with Gasteiger partial charge in [0.05, 0.1) is 11.0 Å². The molecule has 0 bridgehead atoms. The van der Waals surface area contributed by atoms with Crippen molar-refractivity contribution in [2.75, 3.05) is 19.0 Å². The van der Waals surface area contributed by atoms with Crippen molar-refractivity contribution in [1.82, 2.24) is 9.97 Å². The fourth-order valence-corrected chi connectivity index (χ4v) is 1.40. The minimum atomic E-state index is 0.964. The normalized spacial score (nSPS) is 9.67. The SMILES string of the molecule is CC.Cc1nc2ccc(N(C)C)cc2[nH]1. The Morgan fingerprint density at radius 2 is 1.87 bits per heavy atom. The van der Waals surface area contributed by atoms with E-state index >= 15 is 0 Å². The molecule has 15 heavy (non-hydrogen) atoms. The molecule has 0 spiro atoms. The molecule has 1 heterocycles. The molecule has 0 aliphatic rings. The molecule has 0 amide bonds. The second kappa shape index (κ2) is 4.82. The van der Waals surface area contributed by atoms with Gasteiger partial charge in [-0.15, -0.1) is 0 Å². The predicted octanol–water partition coefficient (Wildman–Crippen LogP) is 2.96. The van der Waals surface area contributed by atoms with Crippen LogP contribution in [0.2, 0.25) is 0 Å². The Labute approximate surface area is 91.1 Å². The number of hydrogen-bond acceptors (Lipinski definition) is 2. The highest BCUT2D eigenvalue weighted by molar-refractivity contribution is 5.79. The molecule has 1 N–H and O–H groups in total. The maximum absolute atomic E-state index is 4.34. The van der Waals surface area contributed by atoms with Crippen LogP contribution in [0.1, 0.15) is 19.7 Å². The number of imidazole rings is 1. The lowest BCUT2D eigenvalue weighted by Crippen LogP contribution is -2.07. The van der Waals surface area contributed by atoms with Crippen molar-refractivity contribution in [3.63, 3.8) is 0 Å². The Hall–Kier alpha value is -1.51. The number of hydrogen-bond donors (Lipinski definition) is 1. The number of rotatable bonds is 1. The lowest BCUT2D eigenvalue weighted by molar-refractivity contribution is 1.13. The Bertz CT molecular complexity index is 429. The molecule has 0 unspecified atom stereocenters. The number of aromatic amines is 1. The largest absolute Gasteiger partial charge is 0.378 e. The Morgan fingerprint density at radius 3 is 2.47 bits per heavy atom. The van der Waals surface area contributed by atoms with Gasteiger partial charge in [0.15, 0.2) is 0 Å². The first-order valence-electron chi connectivity index (χ1n) is 5.30. The number of aryl methyl sites for hydroxylation is 1. The van der Waals surface area contributed by atoms with E-state index in [1.807, 2.05) is 40.9 Å². The monoisotopic (exact) mass is 205 g/mol. The molecule has 0 saturated heterocycles. The lowest BCUT2D eigenvalue weighted by Gasteiger charge is -2.11. The molecule has 0 aliphatic heterocycles. The third-order valence-electron chi connectivity index (χ3n) is 2.10. The van der Waals surface area contributed by atoms with E-state index < -0.39 is 0 Å². The first kappa shape index (κ1) is 11.6. The van der Waals surface area contributed by atoms with Crippen molar-refractivity contribution in [1.29, 1.82) is 0 Å². The van der Waals surface area contributed by atoms with Crippen molar-refractivity contribution >= 4 is 16.7 Å². The molecule has 2 aromatic rings. The zero-order valence-electron chi connectivity index (χ0n) is 10.1. The Morgan fingerprint density at radius 1 is 1.20 bits per heavy atom. The Balaban J connectivity index is 0.000000531. The fraction of sp³-hybridized carbons (Fsp3) is 0.417. The zero-order chi connectivity index (χ0) is 11.4. The van der Waals surface area contributed by atoms with E-state index in [2.05, 4.69) is 27.0 Å². The van der Waals surface area contributed by atoms with E-state index in [0.29, 0.717) is 0 Å². The van der Waals surface area contributed by atoms with Crippen LogP contribution in [0.5, 0.6) is 0 Å². The highest BCUT2D eigenvalue weighted by atomic mass is 15.1. The Kier molecular flexibility index (Phi) is 3.72. The smallest absolute Gasteiger partial charge is 0.104 e. The van der Waals surface area contributed by atoms with Crippen LogP contribution in [-0.4, -0.2) is 24.1 Å². The van der Waals surface area contributed by atoms with Crippen molar-refractivity contribution in [2.45, 2.75) is 20.8 Å². The van der Waals surface area contributed by atoms with Gasteiger partial charge >= 0.3 is 0 Å². The van der Waals surface area contributed by atoms with Gasteiger partial charge in [-0.1, -0.05) is 13.8 Å². The molecule has 0 aliphatic carbocycles. The molecule has 0 atom stereocenters. The topological polar surface area (TPSA) is 31.9 Å². The predicted molar refractivity (Wildman–Crippen MR) is 66.5 cm³/mol. The molecule has 3 nitrogen and oxygen atoms in total. The minimum absolute atomic E-state index is 0.964. The number of anilines is 1. The van der Waals surface area contributed by atoms with Gasteiger partial charge in [-0.05, 0) is 25.1 Å². The lowest BCUT2D eigenvalue weighted by atomic mass is 10.2. The van der Waals surface area contributed by atoms with Gasteiger partial charge in [0.1, 0.15) is 5.82 Å². The highest BCUT2D eigenvalue weighted by Gasteiger charge is 2.00. The molecule has 1 aromatic carbocycles. The van der Waals surface area contributed by atoms with Crippen LogP contribution in [0.15, 0.2) is 18.2 Å². The number of fused-ring (bicyclic) bond motifs is 1. The van der Waals surface area contributed by atoms with Crippen LogP contribution in [-0.2, 0) is 0 Å². The summed E-state index contributed by atoms with van der Waals surface area (Å²) in [6, 6.07) is 6.21. The van der Waals surface area contributed by atoms with Crippen molar-refractivity contribution < 1.29 is 0 Å². The maximum Gasteiger partial charge on any atom is 0.104 e. The van der Waals surface area contributed by atoms with Crippen LogP contribution < -0.4 is 4.90 Å². The van der Waals surface area contributed by atoms with Crippen molar-refractivity contribution in [3.8, 4) is 0 Å². The molecule has 0 fully saturated rings. The summed E-state index contributed by atoms with van der Waals surface area (Å²) in [5.74, 6) is 0.964. The van der Waals surface area contributed by atoms with Gasteiger partial charge in [0.25, 0.3) is 0 Å². The molecule has 3 heteroatoms. The van der Waals surface area contributed by atoms with Gasteiger partial charge in [-0.3, -0.25) is 0 Å². The number of aromatic nitrogens is 2. The molecule has 82 valence electrons. The van der Waals surface area contributed by atoms with Crippen LogP contribution in [0.25, 0.3) is 11.0 Å². The summed E-state index contributed by atoms with van der Waals surface area (Å²) in [6.45, 7) is 5.97. The van der Waals surface area contributed by atoms with E-state index in [-0.39, 0.29) is 0 Å². The maximum atomic E-state index is 4.34. The van der Waals surface area contributed by atoms with E-state index in [4.69, 9.17) is 0 Å². The average Bonchev–Trinajstić information content (AvgIpc) is 2.59. The molecule has 0 saturated carbocycles. The summed E-state index contributed by atoms with van der Waals surface area (Å²) in [5.41, 5.74) is 3.32. The summed E-state index contributed by atoms with van der Waals surface area (Å²) in [7, 11) is 4.06. The van der Waals surface area contributed by atoms with Gasteiger partial charge in [-0.25, -0.2) is 4.98 Å². The number of nitrogens with zero attached hydrogens (tertiary/aromatic N) is 2. The minimum Gasteiger partial charge on any atom is -0.378 e. The standard InChI is InChI=1S/C10H13N3.C2H6/c1-7-11-9-5-4-8(13(2)3)6-10(9)12-7;1-2/h4-6H,1-3H3,(H,11,12);1-2H3. The summed E-state index contributed by atoms with van der Waals surface area (Å²) in [6.07, 6.45) is 0. The molecule has 1 aromatic heterocycles. The van der Waals surface area contributed by atoms with Gasteiger partial charge in [-0.2, -0.15) is 0 Å². The van der Waals surface area contributed by atoms with Crippen LogP contribution in [0.3, 0.4) is 0 Å². The quantitative estimate of drug-likeness (QED) is 0.776. The number of nitrogens with one attached hydrogen (secondary N) is 1. The summed E-state index contributed by atoms with van der Waals surface area (Å²) >= 11 is 0. The summed E-state index contributed by atoms with van der Waals surface area (Å²) in [5, 5.41) is 0. The molecular weight excluding hydrogens is 186 g/mol. The second-order valence-electron chi connectivity index (χ2n) is 3.42. The van der Waals surface area contributed by atoms with Crippen molar-refractivity contribution in [3.05, 3.63) is 24.0 Å². The third kappa shape index (κ3) is 2.49. The van der Waals surface area contributed by atoms with E-state index in [9.17, 15) is 0 Å². The number of H-pyrrole nitrogens is 1. The molecular formula is C12H19N3. The number of benzene rings is 1. The van der Waals surface area contributed by atoms with Crippen LogP contribution >= 0.6 is 0 Å². The average molecular weight is 205 g/mol. The summed E-state index contributed by atoms with van der Waals surface area (Å²) in [4.78, 5) is 9.63. The van der Waals surface area contributed by atoms with E-state index in [1.54, 1.807) is 0 Å². The van der Waals surface area contributed by atoms with Gasteiger partial charge in [0.2, 0.25) is 0 Å². The highest BCUT2D eigenvalue weighted by Crippen LogP contribution is 2.18.